The summed E-state index contributed by atoms with van der Waals surface area (Å²) < 4.78 is 17.1. The fraction of sp³-hybridized carbons (Fsp3) is 0.533. The maximum Gasteiger partial charge on any atom is 0.407 e. The lowest BCUT2D eigenvalue weighted by Gasteiger charge is -2.21. The summed E-state index contributed by atoms with van der Waals surface area (Å²) in [6.45, 7) is 7.62. The second-order valence-corrected chi connectivity index (χ2v) is 6.69. The molecule has 1 aliphatic heterocycles. The van der Waals surface area contributed by atoms with E-state index in [0.29, 0.717) is 26.3 Å². The summed E-state index contributed by atoms with van der Waals surface area (Å²) in [5.74, 6) is 1.45. The zero-order valence-corrected chi connectivity index (χ0v) is 14.6. The number of nitrogens with one attached hydrogen (secondary N) is 2. The molecule has 0 fully saturated rings. The Hall–Kier alpha value is -1.63. The van der Waals surface area contributed by atoms with E-state index in [1.54, 1.807) is 0 Å². The molecule has 0 saturated heterocycles. The highest BCUT2D eigenvalue weighted by Gasteiger charge is 2.16. The molecule has 0 aromatic heterocycles. The standard InChI is InChI=1S/C15H21BrN2O4/c1-15(2,3)22-14(19)18-5-4-17-11-9-13-12(8-10(11)16)20-6-7-21-13/h8-9,17H,4-7H2,1-3H3,(H,18,19). The number of ether oxygens (including phenoxy) is 3. The Morgan fingerprint density at radius 2 is 1.86 bits per heavy atom. The SMILES string of the molecule is CC(C)(C)OC(=O)NCCNc1cc2c(cc1Br)OCCO2. The van der Waals surface area contributed by atoms with Gasteiger partial charge >= 0.3 is 6.09 Å². The third-order valence-corrected chi connectivity index (χ3v) is 3.40. The molecule has 7 heteroatoms. The molecule has 0 radical (unpaired) electrons. The van der Waals surface area contributed by atoms with Crippen LogP contribution in [0.25, 0.3) is 0 Å². The van der Waals surface area contributed by atoms with Crippen molar-refractivity contribution in [1.82, 2.24) is 5.32 Å². The lowest BCUT2D eigenvalue weighted by Crippen LogP contribution is -2.35. The van der Waals surface area contributed by atoms with Crippen LogP contribution in [0.2, 0.25) is 0 Å². The topological polar surface area (TPSA) is 68.8 Å². The van der Waals surface area contributed by atoms with Crippen LogP contribution in [0.3, 0.4) is 0 Å². The van der Waals surface area contributed by atoms with E-state index < -0.39 is 11.7 Å². The summed E-state index contributed by atoms with van der Waals surface area (Å²) in [4.78, 5) is 11.5. The Balaban J connectivity index is 1.81. The molecule has 1 aromatic rings. The smallest absolute Gasteiger partial charge is 0.407 e. The molecule has 6 nitrogen and oxygen atoms in total. The molecule has 2 N–H and O–H groups in total. The van der Waals surface area contributed by atoms with Crippen LogP contribution in [0.5, 0.6) is 11.5 Å². The van der Waals surface area contributed by atoms with Gasteiger partial charge in [0, 0.05) is 29.7 Å². The number of halogens is 1. The van der Waals surface area contributed by atoms with E-state index in [-0.39, 0.29) is 0 Å². The van der Waals surface area contributed by atoms with E-state index >= 15 is 0 Å². The molecule has 1 aromatic carbocycles. The van der Waals surface area contributed by atoms with Gasteiger partial charge in [0.1, 0.15) is 18.8 Å². The monoisotopic (exact) mass is 372 g/mol. The molecule has 22 heavy (non-hydrogen) atoms. The number of benzene rings is 1. The minimum Gasteiger partial charge on any atom is -0.486 e. The summed E-state index contributed by atoms with van der Waals surface area (Å²) in [5, 5.41) is 5.92. The van der Waals surface area contributed by atoms with Crippen molar-refractivity contribution in [3.63, 3.8) is 0 Å². The van der Waals surface area contributed by atoms with Gasteiger partial charge in [-0.25, -0.2) is 4.79 Å². The van der Waals surface area contributed by atoms with Crippen LogP contribution in [0.4, 0.5) is 10.5 Å². The summed E-state index contributed by atoms with van der Waals surface area (Å²) in [5.41, 5.74) is 0.395. The first-order valence-corrected chi connectivity index (χ1v) is 7.94. The molecule has 0 saturated carbocycles. The third-order valence-electron chi connectivity index (χ3n) is 2.74. The van der Waals surface area contributed by atoms with Crippen molar-refractivity contribution in [2.75, 3.05) is 31.6 Å². The summed E-state index contributed by atoms with van der Waals surface area (Å²) in [7, 11) is 0. The van der Waals surface area contributed by atoms with Crippen molar-refractivity contribution in [3.8, 4) is 11.5 Å². The van der Waals surface area contributed by atoms with Gasteiger partial charge in [-0.1, -0.05) is 0 Å². The van der Waals surface area contributed by atoms with Gasteiger partial charge in [0.2, 0.25) is 0 Å². The number of alkyl carbamates (subject to hydrolysis) is 1. The molecule has 1 amide bonds. The van der Waals surface area contributed by atoms with Crippen LogP contribution in [0.1, 0.15) is 20.8 Å². The summed E-state index contributed by atoms with van der Waals surface area (Å²) >= 11 is 3.49. The number of carbonyl (C=O) groups is 1. The van der Waals surface area contributed by atoms with Crippen LogP contribution in [0, 0.1) is 0 Å². The molecule has 0 atom stereocenters. The van der Waals surface area contributed by atoms with Gasteiger partial charge in [-0.3, -0.25) is 0 Å². The van der Waals surface area contributed by atoms with E-state index in [1.165, 1.54) is 0 Å². The largest absolute Gasteiger partial charge is 0.486 e. The average Bonchev–Trinajstić information content (AvgIpc) is 2.42. The van der Waals surface area contributed by atoms with Crippen LogP contribution in [-0.4, -0.2) is 38.0 Å². The predicted molar refractivity (Wildman–Crippen MR) is 87.9 cm³/mol. The second kappa shape index (κ2) is 7.09. The Kier molecular flexibility index (Phi) is 5.39. The molecule has 2 rings (SSSR count). The van der Waals surface area contributed by atoms with Crippen molar-refractivity contribution in [1.29, 1.82) is 0 Å². The number of rotatable bonds is 4. The maximum atomic E-state index is 11.5. The molecular weight excluding hydrogens is 352 g/mol. The first-order chi connectivity index (χ1) is 10.3. The van der Waals surface area contributed by atoms with Gasteiger partial charge in [0.15, 0.2) is 11.5 Å². The number of amides is 1. The molecule has 0 spiro atoms. The van der Waals surface area contributed by atoms with E-state index in [2.05, 4.69) is 26.6 Å². The van der Waals surface area contributed by atoms with E-state index in [4.69, 9.17) is 14.2 Å². The minimum atomic E-state index is -0.490. The molecule has 0 unspecified atom stereocenters. The van der Waals surface area contributed by atoms with Crippen molar-refractivity contribution >= 4 is 27.7 Å². The summed E-state index contributed by atoms with van der Waals surface area (Å²) in [6, 6.07) is 3.75. The Morgan fingerprint density at radius 1 is 1.23 bits per heavy atom. The quantitative estimate of drug-likeness (QED) is 0.794. The van der Waals surface area contributed by atoms with Gasteiger partial charge in [-0.2, -0.15) is 0 Å². The molecular formula is C15H21BrN2O4. The van der Waals surface area contributed by atoms with Gasteiger partial charge in [-0.05, 0) is 36.7 Å². The summed E-state index contributed by atoms with van der Waals surface area (Å²) in [6.07, 6.45) is -0.421. The minimum absolute atomic E-state index is 0.421. The van der Waals surface area contributed by atoms with Gasteiger partial charge in [0.05, 0.1) is 5.69 Å². The molecule has 0 aliphatic carbocycles. The van der Waals surface area contributed by atoms with Crippen molar-refractivity contribution in [2.45, 2.75) is 26.4 Å². The lowest BCUT2D eigenvalue weighted by molar-refractivity contribution is 0.0530. The number of hydrogen-bond donors (Lipinski definition) is 2. The predicted octanol–water partition coefficient (Wildman–Crippen LogP) is 3.16. The van der Waals surface area contributed by atoms with Gasteiger partial charge in [0.25, 0.3) is 0 Å². The zero-order chi connectivity index (χ0) is 16.2. The van der Waals surface area contributed by atoms with E-state index in [0.717, 1.165) is 21.7 Å². The fourth-order valence-corrected chi connectivity index (χ4v) is 2.34. The van der Waals surface area contributed by atoms with Crippen LogP contribution in [-0.2, 0) is 4.74 Å². The average molecular weight is 373 g/mol. The first-order valence-electron chi connectivity index (χ1n) is 7.15. The fourth-order valence-electron chi connectivity index (χ4n) is 1.88. The zero-order valence-electron chi connectivity index (χ0n) is 13.0. The second-order valence-electron chi connectivity index (χ2n) is 5.83. The maximum absolute atomic E-state index is 11.5. The van der Waals surface area contributed by atoms with Crippen LogP contribution >= 0.6 is 15.9 Å². The number of fused-ring (bicyclic) bond motifs is 1. The number of carbonyl (C=O) groups excluding carboxylic acids is 1. The van der Waals surface area contributed by atoms with Crippen molar-refractivity contribution < 1.29 is 19.0 Å². The Morgan fingerprint density at radius 3 is 2.50 bits per heavy atom. The van der Waals surface area contributed by atoms with Crippen molar-refractivity contribution in [2.24, 2.45) is 0 Å². The molecule has 122 valence electrons. The van der Waals surface area contributed by atoms with Gasteiger partial charge < -0.3 is 24.8 Å². The Bertz CT molecular complexity index is 543. The van der Waals surface area contributed by atoms with Gasteiger partial charge in [-0.15, -0.1) is 0 Å². The van der Waals surface area contributed by atoms with Crippen molar-refractivity contribution in [3.05, 3.63) is 16.6 Å². The van der Waals surface area contributed by atoms with Crippen LogP contribution in [0.15, 0.2) is 16.6 Å². The molecule has 1 heterocycles. The highest BCUT2D eigenvalue weighted by Crippen LogP contribution is 2.37. The number of hydrogen-bond acceptors (Lipinski definition) is 5. The highest BCUT2D eigenvalue weighted by molar-refractivity contribution is 9.10. The lowest BCUT2D eigenvalue weighted by atomic mass is 10.2. The third kappa shape index (κ3) is 4.98. The first kappa shape index (κ1) is 16.7. The number of anilines is 1. The molecule has 0 bridgehead atoms. The Labute approximate surface area is 138 Å². The highest BCUT2D eigenvalue weighted by atomic mass is 79.9. The van der Waals surface area contributed by atoms with Crippen LogP contribution < -0.4 is 20.1 Å². The molecule has 1 aliphatic rings. The normalized spacial score (nSPS) is 13.5. The van der Waals surface area contributed by atoms with E-state index in [9.17, 15) is 4.79 Å². The van der Waals surface area contributed by atoms with E-state index in [1.807, 2.05) is 32.9 Å².